The van der Waals surface area contributed by atoms with Crippen LogP contribution in [0.4, 0.5) is 16.0 Å². The van der Waals surface area contributed by atoms with Crippen molar-refractivity contribution in [1.29, 1.82) is 5.26 Å². The summed E-state index contributed by atoms with van der Waals surface area (Å²) in [6.45, 7) is 1.73. The minimum atomic E-state index is -0.454. The van der Waals surface area contributed by atoms with E-state index in [1.807, 2.05) is 6.07 Å². The molecule has 5 nitrogen and oxygen atoms in total. The molecule has 0 saturated heterocycles. The molecule has 96 valence electrons. The third-order valence-corrected chi connectivity index (χ3v) is 2.39. The third kappa shape index (κ3) is 2.96. The minimum absolute atomic E-state index is 0.170. The van der Waals surface area contributed by atoms with E-state index in [9.17, 15) is 4.39 Å². The van der Waals surface area contributed by atoms with Crippen molar-refractivity contribution < 1.29 is 9.13 Å². The Kier molecular flexibility index (Phi) is 3.57. The van der Waals surface area contributed by atoms with E-state index < -0.39 is 5.82 Å². The zero-order valence-electron chi connectivity index (χ0n) is 10.4. The van der Waals surface area contributed by atoms with Crippen molar-refractivity contribution in [2.75, 3.05) is 12.4 Å². The molecule has 1 aromatic heterocycles. The molecule has 6 heteroatoms. The van der Waals surface area contributed by atoms with Crippen LogP contribution >= 0.6 is 0 Å². The molecule has 0 amide bonds. The summed E-state index contributed by atoms with van der Waals surface area (Å²) in [5, 5.41) is 11.6. The maximum atomic E-state index is 13.6. The van der Waals surface area contributed by atoms with Gasteiger partial charge in [-0.05, 0) is 25.1 Å². The van der Waals surface area contributed by atoms with Gasteiger partial charge in [-0.1, -0.05) is 0 Å². The van der Waals surface area contributed by atoms with Crippen LogP contribution in [-0.4, -0.2) is 17.1 Å². The van der Waals surface area contributed by atoms with E-state index in [0.29, 0.717) is 11.4 Å². The molecule has 0 fully saturated rings. The second kappa shape index (κ2) is 5.31. The normalized spacial score (nSPS) is 9.79. The fourth-order valence-electron chi connectivity index (χ4n) is 1.53. The van der Waals surface area contributed by atoms with Crippen LogP contribution in [0, 0.1) is 24.1 Å². The first-order valence-corrected chi connectivity index (χ1v) is 5.48. The van der Waals surface area contributed by atoms with Crippen LogP contribution in [0.15, 0.2) is 24.3 Å². The van der Waals surface area contributed by atoms with E-state index in [0.717, 1.165) is 0 Å². The highest BCUT2D eigenvalue weighted by Crippen LogP contribution is 2.23. The SMILES string of the molecule is COc1ccc(F)c(Nc2nc(C)cc(C#N)n2)c1. The molecule has 0 aliphatic heterocycles. The van der Waals surface area contributed by atoms with E-state index in [4.69, 9.17) is 10.00 Å². The molecule has 1 aromatic carbocycles. The number of aryl methyl sites for hydroxylation is 1. The standard InChI is InChI=1S/C13H11FN4O/c1-8-5-9(7-15)17-13(16-8)18-12-6-10(19-2)3-4-11(12)14/h3-6H,1-2H3,(H,16,17,18). The number of benzene rings is 1. The van der Waals surface area contributed by atoms with Crippen LogP contribution in [0.25, 0.3) is 0 Å². The Morgan fingerprint density at radius 3 is 2.79 bits per heavy atom. The predicted octanol–water partition coefficient (Wildman–Crippen LogP) is 2.55. The lowest BCUT2D eigenvalue weighted by Gasteiger charge is -2.08. The first kappa shape index (κ1) is 12.8. The van der Waals surface area contributed by atoms with Crippen molar-refractivity contribution in [3.8, 4) is 11.8 Å². The molecule has 2 aromatic rings. The molecule has 1 heterocycles. The second-order valence-electron chi connectivity index (χ2n) is 3.80. The summed E-state index contributed by atoms with van der Waals surface area (Å²) in [5.74, 6) is 0.227. The molecule has 0 unspecified atom stereocenters. The maximum absolute atomic E-state index is 13.6. The van der Waals surface area contributed by atoms with E-state index in [2.05, 4.69) is 15.3 Å². The number of halogens is 1. The van der Waals surface area contributed by atoms with Crippen LogP contribution in [0.5, 0.6) is 5.75 Å². The largest absolute Gasteiger partial charge is 0.497 e. The van der Waals surface area contributed by atoms with Crippen molar-refractivity contribution in [3.05, 3.63) is 41.5 Å². The summed E-state index contributed by atoms with van der Waals surface area (Å²) in [6.07, 6.45) is 0. The van der Waals surface area contributed by atoms with Gasteiger partial charge < -0.3 is 10.1 Å². The van der Waals surface area contributed by atoms with E-state index in [1.165, 1.54) is 25.3 Å². The zero-order valence-corrected chi connectivity index (χ0v) is 10.4. The highest BCUT2D eigenvalue weighted by atomic mass is 19.1. The topological polar surface area (TPSA) is 70.8 Å². The number of nitrogens with zero attached hydrogens (tertiary/aromatic N) is 3. The zero-order chi connectivity index (χ0) is 13.8. The number of rotatable bonds is 3. The summed E-state index contributed by atoms with van der Waals surface area (Å²) >= 11 is 0. The summed E-state index contributed by atoms with van der Waals surface area (Å²) < 4.78 is 18.7. The lowest BCUT2D eigenvalue weighted by atomic mass is 10.3. The molecule has 2 rings (SSSR count). The Balaban J connectivity index is 2.36. The number of hydrogen-bond donors (Lipinski definition) is 1. The molecule has 0 atom stereocenters. The number of hydrogen-bond acceptors (Lipinski definition) is 5. The maximum Gasteiger partial charge on any atom is 0.228 e. The Bertz CT molecular complexity index is 652. The Labute approximate surface area is 109 Å². The molecule has 1 N–H and O–H groups in total. The monoisotopic (exact) mass is 258 g/mol. The van der Waals surface area contributed by atoms with Gasteiger partial charge in [0.25, 0.3) is 0 Å². The number of methoxy groups -OCH3 is 1. The fraction of sp³-hybridized carbons (Fsp3) is 0.154. The van der Waals surface area contributed by atoms with Gasteiger partial charge in [0.15, 0.2) is 0 Å². The van der Waals surface area contributed by atoms with Crippen molar-refractivity contribution in [2.24, 2.45) is 0 Å². The smallest absolute Gasteiger partial charge is 0.228 e. The van der Waals surface area contributed by atoms with Gasteiger partial charge in [0, 0.05) is 11.8 Å². The van der Waals surface area contributed by atoms with Crippen LogP contribution < -0.4 is 10.1 Å². The van der Waals surface area contributed by atoms with Crippen molar-refractivity contribution in [3.63, 3.8) is 0 Å². The summed E-state index contributed by atoms with van der Waals surface area (Å²) in [6, 6.07) is 7.76. The van der Waals surface area contributed by atoms with Gasteiger partial charge in [0.05, 0.1) is 12.8 Å². The van der Waals surface area contributed by atoms with Gasteiger partial charge in [-0.25, -0.2) is 14.4 Å². The molecule has 0 saturated carbocycles. The lowest BCUT2D eigenvalue weighted by molar-refractivity contribution is 0.414. The molecular weight excluding hydrogens is 247 g/mol. The Morgan fingerprint density at radius 1 is 1.32 bits per heavy atom. The fourth-order valence-corrected chi connectivity index (χ4v) is 1.53. The molecular formula is C13H11FN4O. The number of aromatic nitrogens is 2. The average Bonchev–Trinajstić information content (AvgIpc) is 2.40. The summed E-state index contributed by atoms with van der Waals surface area (Å²) in [4.78, 5) is 8.05. The van der Waals surface area contributed by atoms with Gasteiger partial charge in [-0.15, -0.1) is 0 Å². The number of nitrogens with one attached hydrogen (secondary N) is 1. The first-order chi connectivity index (χ1) is 9.12. The van der Waals surface area contributed by atoms with Crippen molar-refractivity contribution >= 4 is 11.6 Å². The van der Waals surface area contributed by atoms with Crippen LogP contribution in [0.3, 0.4) is 0 Å². The Morgan fingerprint density at radius 2 is 2.11 bits per heavy atom. The Hall–Kier alpha value is -2.68. The predicted molar refractivity (Wildman–Crippen MR) is 67.7 cm³/mol. The molecule has 0 radical (unpaired) electrons. The highest BCUT2D eigenvalue weighted by molar-refractivity contribution is 5.57. The minimum Gasteiger partial charge on any atom is -0.497 e. The average molecular weight is 258 g/mol. The van der Waals surface area contributed by atoms with Gasteiger partial charge >= 0.3 is 0 Å². The third-order valence-electron chi connectivity index (χ3n) is 2.39. The molecule has 0 aliphatic carbocycles. The quantitative estimate of drug-likeness (QED) is 0.916. The van der Waals surface area contributed by atoms with Gasteiger partial charge in [0.1, 0.15) is 23.3 Å². The number of ether oxygens (including phenoxy) is 1. The van der Waals surface area contributed by atoms with Crippen LogP contribution in [-0.2, 0) is 0 Å². The lowest BCUT2D eigenvalue weighted by Crippen LogP contribution is -2.02. The van der Waals surface area contributed by atoms with Gasteiger partial charge in [-0.3, -0.25) is 0 Å². The van der Waals surface area contributed by atoms with Gasteiger partial charge in [0.2, 0.25) is 5.95 Å². The van der Waals surface area contributed by atoms with E-state index >= 15 is 0 Å². The number of anilines is 2. The highest BCUT2D eigenvalue weighted by Gasteiger charge is 2.07. The van der Waals surface area contributed by atoms with Crippen LogP contribution in [0.2, 0.25) is 0 Å². The summed E-state index contributed by atoms with van der Waals surface area (Å²) in [5.41, 5.74) is 1.03. The van der Waals surface area contributed by atoms with E-state index in [-0.39, 0.29) is 17.3 Å². The van der Waals surface area contributed by atoms with E-state index in [1.54, 1.807) is 13.0 Å². The van der Waals surface area contributed by atoms with Crippen molar-refractivity contribution in [1.82, 2.24) is 9.97 Å². The second-order valence-corrected chi connectivity index (χ2v) is 3.80. The van der Waals surface area contributed by atoms with Crippen molar-refractivity contribution in [2.45, 2.75) is 6.92 Å². The van der Waals surface area contributed by atoms with Crippen LogP contribution in [0.1, 0.15) is 11.4 Å². The first-order valence-electron chi connectivity index (χ1n) is 5.48. The molecule has 0 bridgehead atoms. The van der Waals surface area contributed by atoms with Gasteiger partial charge in [-0.2, -0.15) is 5.26 Å². The molecule has 0 aliphatic rings. The number of nitriles is 1. The summed E-state index contributed by atoms with van der Waals surface area (Å²) in [7, 11) is 1.49. The molecule has 0 spiro atoms. The molecule has 19 heavy (non-hydrogen) atoms.